The van der Waals surface area contributed by atoms with E-state index in [4.69, 9.17) is 0 Å². The number of aromatic nitrogens is 3. The molecule has 21 heavy (non-hydrogen) atoms. The Morgan fingerprint density at radius 2 is 2.33 bits per heavy atom. The van der Waals surface area contributed by atoms with E-state index in [9.17, 15) is 9.59 Å². The molecule has 1 saturated heterocycles. The van der Waals surface area contributed by atoms with Crippen LogP contribution in [0.15, 0.2) is 29.2 Å². The number of likely N-dealkylation sites (tertiary alicyclic amines) is 1. The molecule has 7 nitrogen and oxygen atoms in total. The van der Waals surface area contributed by atoms with Crippen molar-refractivity contribution in [3.8, 4) is 0 Å². The van der Waals surface area contributed by atoms with Gasteiger partial charge in [0.25, 0.3) is 5.91 Å². The number of hydrogen-bond donors (Lipinski definition) is 1. The molecular formula is C14H19N5O2. The Labute approximate surface area is 122 Å². The smallest absolute Gasteiger partial charge is 0.316 e. The van der Waals surface area contributed by atoms with Gasteiger partial charge in [-0.1, -0.05) is 6.07 Å². The fraction of sp³-hybridized carbons (Fsp3) is 0.500. The van der Waals surface area contributed by atoms with Crippen LogP contribution in [0, 0.1) is 0 Å². The van der Waals surface area contributed by atoms with Crippen LogP contribution in [0.3, 0.4) is 0 Å². The van der Waals surface area contributed by atoms with Crippen molar-refractivity contribution in [2.45, 2.75) is 18.9 Å². The van der Waals surface area contributed by atoms with E-state index in [0.717, 1.165) is 30.6 Å². The second kappa shape index (κ2) is 5.79. The molecular weight excluding hydrogens is 270 g/mol. The first-order valence-corrected chi connectivity index (χ1v) is 7.18. The summed E-state index contributed by atoms with van der Waals surface area (Å²) < 4.78 is 2.35. The van der Waals surface area contributed by atoms with Gasteiger partial charge in [0.2, 0.25) is 0 Å². The Balaban J connectivity index is 1.78. The Kier molecular flexibility index (Phi) is 3.85. The third-order valence-electron chi connectivity index (χ3n) is 3.94. The lowest BCUT2D eigenvalue weighted by molar-refractivity contribution is 0.0799. The minimum Gasteiger partial charge on any atom is -0.316 e. The molecule has 0 bridgehead atoms. The van der Waals surface area contributed by atoms with Gasteiger partial charge in [-0.05, 0) is 38.6 Å². The number of pyridine rings is 1. The predicted molar refractivity (Wildman–Crippen MR) is 78.6 cm³/mol. The van der Waals surface area contributed by atoms with E-state index in [1.165, 1.54) is 4.40 Å². The molecule has 0 amide bonds. The second-order valence-electron chi connectivity index (χ2n) is 5.38. The highest BCUT2D eigenvalue weighted by molar-refractivity contribution is 5.80. The quantitative estimate of drug-likeness (QED) is 0.849. The molecule has 1 fully saturated rings. The molecule has 0 saturated carbocycles. The average Bonchev–Trinajstić information content (AvgIpc) is 2.85. The van der Waals surface area contributed by atoms with Gasteiger partial charge in [0.15, 0.2) is 5.65 Å². The first-order chi connectivity index (χ1) is 10.2. The molecule has 1 atom stereocenters. The highest BCUT2D eigenvalue weighted by Gasteiger charge is 2.22. The lowest BCUT2D eigenvalue weighted by Gasteiger charge is -2.31. The van der Waals surface area contributed by atoms with Crippen molar-refractivity contribution in [2.75, 3.05) is 26.7 Å². The zero-order valence-electron chi connectivity index (χ0n) is 12.0. The fourth-order valence-electron chi connectivity index (χ4n) is 2.78. The number of nitrogens with one attached hydrogen (secondary N) is 1. The number of piperidine rings is 1. The van der Waals surface area contributed by atoms with E-state index < -0.39 is 5.69 Å². The van der Waals surface area contributed by atoms with Crippen molar-refractivity contribution < 1.29 is 4.79 Å². The number of carbonyl (C=O) groups excluding carboxylic acids is 1. The Morgan fingerprint density at radius 3 is 3.10 bits per heavy atom. The van der Waals surface area contributed by atoms with E-state index in [-0.39, 0.29) is 12.5 Å². The van der Waals surface area contributed by atoms with Gasteiger partial charge in [0.05, 0.1) is 6.54 Å². The topological polar surface area (TPSA) is 71.6 Å². The summed E-state index contributed by atoms with van der Waals surface area (Å²) in [7, 11) is 1.93. The van der Waals surface area contributed by atoms with Gasteiger partial charge in [-0.2, -0.15) is 0 Å². The Morgan fingerprint density at radius 1 is 1.48 bits per heavy atom. The first kappa shape index (κ1) is 14.0. The van der Waals surface area contributed by atoms with Crippen molar-refractivity contribution in [1.82, 2.24) is 24.4 Å². The number of hydrogen-bond acceptors (Lipinski definition) is 5. The molecule has 1 aliphatic rings. The Bertz CT molecular complexity index is 705. The minimum atomic E-state index is -0.405. The van der Waals surface area contributed by atoms with Crippen LogP contribution in [0.4, 0.5) is 0 Å². The molecule has 2 aromatic rings. The van der Waals surface area contributed by atoms with E-state index in [2.05, 4.69) is 15.3 Å². The molecule has 2 aromatic heterocycles. The van der Waals surface area contributed by atoms with Crippen LogP contribution in [-0.2, 0) is 0 Å². The summed E-state index contributed by atoms with van der Waals surface area (Å²) in [6.45, 7) is 1.93. The van der Waals surface area contributed by atoms with Gasteiger partial charge in [0, 0.05) is 18.8 Å². The summed E-state index contributed by atoms with van der Waals surface area (Å²) in [4.78, 5) is 26.5. The molecule has 3 heterocycles. The summed E-state index contributed by atoms with van der Waals surface area (Å²) in [6, 6.07) is 5.65. The summed E-state index contributed by atoms with van der Waals surface area (Å²) in [5.41, 5.74) is 0.0837. The van der Waals surface area contributed by atoms with Crippen LogP contribution in [0.25, 0.3) is 5.65 Å². The fourth-order valence-corrected chi connectivity index (χ4v) is 2.78. The van der Waals surface area contributed by atoms with Gasteiger partial charge in [-0.3, -0.25) is 9.69 Å². The third kappa shape index (κ3) is 2.74. The summed E-state index contributed by atoms with van der Waals surface area (Å²) in [5.74, 6) is -0.277. The van der Waals surface area contributed by atoms with Gasteiger partial charge in [-0.25, -0.2) is 9.20 Å². The van der Waals surface area contributed by atoms with Crippen molar-refractivity contribution >= 4 is 11.6 Å². The number of likely N-dealkylation sites (N-methyl/N-ethyl adjacent to an activating group) is 1. The molecule has 1 aliphatic heterocycles. The van der Waals surface area contributed by atoms with Crippen LogP contribution in [0.5, 0.6) is 0 Å². The van der Waals surface area contributed by atoms with E-state index in [1.807, 2.05) is 7.05 Å². The average molecular weight is 289 g/mol. The second-order valence-corrected chi connectivity index (χ2v) is 5.38. The van der Waals surface area contributed by atoms with Gasteiger partial charge < -0.3 is 5.32 Å². The molecule has 112 valence electrons. The zero-order valence-corrected chi connectivity index (χ0v) is 12.0. The van der Waals surface area contributed by atoms with E-state index in [1.54, 1.807) is 24.4 Å². The van der Waals surface area contributed by atoms with E-state index in [0.29, 0.717) is 11.7 Å². The number of carbonyl (C=O) groups is 1. The number of fused-ring (bicyclic) bond motifs is 1. The van der Waals surface area contributed by atoms with Crippen molar-refractivity contribution in [3.05, 3.63) is 34.9 Å². The van der Waals surface area contributed by atoms with Gasteiger partial charge in [0.1, 0.15) is 0 Å². The lowest BCUT2D eigenvalue weighted by Crippen LogP contribution is -2.47. The van der Waals surface area contributed by atoms with Gasteiger partial charge >= 0.3 is 5.69 Å². The first-order valence-electron chi connectivity index (χ1n) is 7.18. The maximum absolute atomic E-state index is 12.3. The van der Waals surface area contributed by atoms with Gasteiger partial charge in [-0.15, -0.1) is 9.78 Å². The molecule has 0 aromatic carbocycles. The zero-order chi connectivity index (χ0) is 14.8. The molecule has 0 spiro atoms. The van der Waals surface area contributed by atoms with Crippen LogP contribution in [-0.4, -0.2) is 57.7 Å². The van der Waals surface area contributed by atoms with Crippen LogP contribution < -0.4 is 11.0 Å². The lowest BCUT2D eigenvalue weighted by atomic mass is 10.1. The largest absolute Gasteiger partial charge is 0.357 e. The summed E-state index contributed by atoms with van der Waals surface area (Å²) in [5, 5.41) is 7.33. The SMILES string of the molecule is CNC1CCCN(CC(=O)n2nc3ccccn3c2=O)C1. The summed E-state index contributed by atoms with van der Waals surface area (Å²) in [6.07, 6.45) is 3.79. The van der Waals surface area contributed by atoms with Crippen molar-refractivity contribution in [1.29, 1.82) is 0 Å². The van der Waals surface area contributed by atoms with Crippen LogP contribution in [0.2, 0.25) is 0 Å². The molecule has 0 radical (unpaired) electrons. The number of nitrogens with zero attached hydrogens (tertiary/aromatic N) is 4. The van der Waals surface area contributed by atoms with Crippen LogP contribution >= 0.6 is 0 Å². The van der Waals surface area contributed by atoms with Crippen molar-refractivity contribution in [3.63, 3.8) is 0 Å². The molecule has 7 heteroatoms. The molecule has 1 N–H and O–H groups in total. The Hall–Kier alpha value is -1.99. The van der Waals surface area contributed by atoms with Crippen molar-refractivity contribution in [2.24, 2.45) is 0 Å². The third-order valence-corrected chi connectivity index (χ3v) is 3.94. The predicted octanol–water partition coefficient (Wildman–Crippen LogP) is -0.180. The normalized spacial score (nSPS) is 20.0. The number of rotatable bonds is 3. The maximum Gasteiger partial charge on any atom is 0.357 e. The maximum atomic E-state index is 12.3. The standard InChI is InChI=1S/C14H19N5O2/c1-15-11-5-4-7-17(9-11)10-13(20)19-14(21)18-8-3-2-6-12(18)16-19/h2-3,6,8,11,15H,4-5,7,9-10H2,1H3. The monoisotopic (exact) mass is 289 g/mol. The highest BCUT2D eigenvalue weighted by atomic mass is 16.2. The van der Waals surface area contributed by atoms with E-state index >= 15 is 0 Å². The molecule has 0 aliphatic carbocycles. The van der Waals surface area contributed by atoms with Crippen LogP contribution in [0.1, 0.15) is 17.6 Å². The summed E-state index contributed by atoms with van der Waals surface area (Å²) >= 11 is 0. The molecule has 3 rings (SSSR count). The minimum absolute atomic E-state index is 0.224. The highest BCUT2D eigenvalue weighted by Crippen LogP contribution is 2.09. The molecule has 1 unspecified atom stereocenters.